The molecule has 1 amide bonds. The van der Waals surface area contributed by atoms with Gasteiger partial charge in [0, 0.05) is 0 Å². The van der Waals surface area contributed by atoms with Crippen molar-refractivity contribution in [3.63, 3.8) is 0 Å². The molecule has 1 aliphatic rings. The number of rotatable bonds is 4. The number of anilines is 1. The molecule has 0 bridgehead atoms. The van der Waals surface area contributed by atoms with Crippen LogP contribution in [0.2, 0.25) is 0 Å². The molecular weight excluding hydrogens is 355 g/mol. The van der Waals surface area contributed by atoms with Crippen LogP contribution in [-0.2, 0) is 20.8 Å². The van der Waals surface area contributed by atoms with Gasteiger partial charge in [-0.05, 0) is 17.7 Å². The molecule has 0 spiro atoms. The van der Waals surface area contributed by atoms with Crippen molar-refractivity contribution in [3.05, 3.63) is 71.9 Å². The molecule has 0 aliphatic carbocycles. The van der Waals surface area contributed by atoms with Crippen LogP contribution < -0.4 is 4.90 Å². The number of carbonyl (C=O) groups is 1. The molecule has 1 aromatic heterocycles. The van der Waals surface area contributed by atoms with Crippen molar-refractivity contribution < 1.29 is 18.7 Å². The average molecular weight is 370 g/mol. The Morgan fingerprint density at radius 3 is 2.73 bits per heavy atom. The molecular formula is C19H15FN2O3S. The van der Waals surface area contributed by atoms with Gasteiger partial charge < -0.3 is 9.47 Å². The van der Waals surface area contributed by atoms with Crippen molar-refractivity contribution in [1.82, 2.24) is 4.98 Å². The molecule has 5 nitrogen and oxygen atoms in total. The lowest BCUT2D eigenvalue weighted by atomic mass is 10.2. The van der Waals surface area contributed by atoms with E-state index < -0.39 is 5.82 Å². The molecule has 7 heteroatoms. The largest absolute Gasteiger partial charge is 0.494 e. The van der Waals surface area contributed by atoms with Crippen molar-refractivity contribution in [2.24, 2.45) is 0 Å². The van der Waals surface area contributed by atoms with Crippen LogP contribution in [0.4, 0.5) is 9.52 Å². The predicted octanol–water partition coefficient (Wildman–Crippen LogP) is 3.86. The van der Waals surface area contributed by atoms with Gasteiger partial charge in [0.05, 0.1) is 11.2 Å². The number of amides is 1. The van der Waals surface area contributed by atoms with Crippen LogP contribution in [0.15, 0.2) is 60.6 Å². The average Bonchev–Trinajstić information content (AvgIpc) is 3.12. The molecule has 0 radical (unpaired) electrons. The van der Waals surface area contributed by atoms with Gasteiger partial charge in [0.15, 0.2) is 5.13 Å². The van der Waals surface area contributed by atoms with E-state index in [9.17, 15) is 9.18 Å². The Bertz CT molecular complexity index is 971. The van der Waals surface area contributed by atoms with Gasteiger partial charge in [-0.3, -0.25) is 9.69 Å². The maximum absolute atomic E-state index is 14.0. The first-order valence-corrected chi connectivity index (χ1v) is 8.89. The van der Waals surface area contributed by atoms with E-state index in [0.717, 1.165) is 5.56 Å². The lowest BCUT2D eigenvalue weighted by molar-refractivity contribution is -0.119. The summed E-state index contributed by atoms with van der Waals surface area (Å²) in [7, 11) is 0. The zero-order valence-corrected chi connectivity index (χ0v) is 14.5. The highest BCUT2D eigenvalue weighted by atomic mass is 32.1. The summed E-state index contributed by atoms with van der Waals surface area (Å²) < 4.78 is 25.3. The number of thiazole rings is 1. The van der Waals surface area contributed by atoms with Crippen LogP contribution in [0.25, 0.3) is 10.2 Å². The van der Waals surface area contributed by atoms with Gasteiger partial charge in [0.1, 0.15) is 30.8 Å². The van der Waals surface area contributed by atoms with Crippen molar-refractivity contribution in [3.8, 4) is 0 Å². The van der Waals surface area contributed by atoms with E-state index in [1.165, 1.54) is 28.6 Å². The fourth-order valence-corrected chi connectivity index (χ4v) is 3.60. The summed E-state index contributed by atoms with van der Waals surface area (Å²) in [4.78, 5) is 18.8. The maximum atomic E-state index is 14.0. The third kappa shape index (κ3) is 3.25. The summed E-state index contributed by atoms with van der Waals surface area (Å²) in [6, 6.07) is 14.3. The van der Waals surface area contributed by atoms with E-state index in [4.69, 9.17) is 9.47 Å². The molecule has 132 valence electrons. The molecule has 26 heavy (non-hydrogen) atoms. The van der Waals surface area contributed by atoms with Crippen LogP contribution >= 0.6 is 11.3 Å². The quantitative estimate of drug-likeness (QED) is 0.700. The van der Waals surface area contributed by atoms with Crippen molar-refractivity contribution in [2.75, 3.05) is 18.1 Å². The molecule has 0 saturated heterocycles. The molecule has 0 fully saturated rings. The van der Waals surface area contributed by atoms with Gasteiger partial charge in [-0.15, -0.1) is 0 Å². The van der Waals surface area contributed by atoms with Crippen molar-refractivity contribution >= 4 is 32.6 Å². The third-order valence-electron chi connectivity index (χ3n) is 3.88. The standard InChI is InChI=1S/C19H15FN2O3S/c20-14-7-4-8-16-17(14)21-19(26-16)22(11-13-5-2-1-3-6-13)18(23)15-12-24-9-10-25-15/h1-8,12H,9-11H2. The number of para-hydroxylation sites is 1. The number of halogens is 1. The molecule has 1 aliphatic heterocycles. The Kier molecular flexibility index (Phi) is 4.53. The summed E-state index contributed by atoms with van der Waals surface area (Å²) in [6.07, 6.45) is 1.32. The van der Waals surface area contributed by atoms with Crippen LogP contribution in [0.5, 0.6) is 0 Å². The summed E-state index contributed by atoms with van der Waals surface area (Å²) >= 11 is 1.26. The molecule has 2 heterocycles. The predicted molar refractivity (Wildman–Crippen MR) is 97.2 cm³/mol. The number of ether oxygens (including phenoxy) is 2. The minimum absolute atomic E-state index is 0.118. The van der Waals surface area contributed by atoms with Gasteiger partial charge >= 0.3 is 0 Å². The minimum atomic E-state index is -0.409. The first-order valence-electron chi connectivity index (χ1n) is 8.08. The normalized spacial score (nSPS) is 13.7. The second-order valence-electron chi connectivity index (χ2n) is 5.66. The molecule has 0 unspecified atom stereocenters. The zero-order chi connectivity index (χ0) is 17.9. The number of aromatic nitrogens is 1. The van der Waals surface area contributed by atoms with E-state index in [0.29, 0.717) is 29.6 Å². The maximum Gasteiger partial charge on any atom is 0.298 e. The lowest BCUT2D eigenvalue weighted by Crippen LogP contribution is -2.33. The van der Waals surface area contributed by atoms with E-state index in [1.54, 1.807) is 12.1 Å². The molecule has 3 aromatic rings. The van der Waals surface area contributed by atoms with Gasteiger partial charge in [0.2, 0.25) is 5.76 Å². The molecule has 2 aromatic carbocycles. The van der Waals surface area contributed by atoms with E-state index >= 15 is 0 Å². The highest BCUT2D eigenvalue weighted by molar-refractivity contribution is 7.22. The highest BCUT2D eigenvalue weighted by Gasteiger charge is 2.26. The van der Waals surface area contributed by atoms with Gasteiger partial charge in [0.25, 0.3) is 5.91 Å². The number of nitrogens with zero attached hydrogens (tertiary/aromatic N) is 2. The fraction of sp³-hybridized carbons (Fsp3) is 0.158. The second kappa shape index (κ2) is 7.13. The summed E-state index contributed by atoms with van der Waals surface area (Å²) in [6.45, 7) is 1.01. The zero-order valence-electron chi connectivity index (χ0n) is 13.7. The monoisotopic (exact) mass is 370 g/mol. The third-order valence-corrected chi connectivity index (χ3v) is 4.92. The van der Waals surface area contributed by atoms with Gasteiger partial charge in [-0.25, -0.2) is 9.37 Å². The second-order valence-corrected chi connectivity index (χ2v) is 6.67. The topological polar surface area (TPSA) is 51.7 Å². The van der Waals surface area contributed by atoms with Gasteiger partial charge in [-0.1, -0.05) is 47.7 Å². The summed E-state index contributed by atoms with van der Waals surface area (Å²) in [5, 5.41) is 0.411. The Hall–Kier alpha value is -2.93. The Morgan fingerprint density at radius 2 is 2.00 bits per heavy atom. The molecule has 0 N–H and O–H groups in total. The molecule has 0 saturated carbocycles. The highest BCUT2D eigenvalue weighted by Crippen LogP contribution is 2.32. The van der Waals surface area contributed by atoms with E-state index in [-0.39, 0.29) is 17.2 Å². The van der Waals surface area contributed by atoms with Crippen LogP contribution in [-0.4, -0.2) is 24.1 Å². The van der Waals surface area contributed by atoms with Crippen LogP contribution in [0.3, 0.4) is 0 Å². The smallest absolute Gasteiger partial charge is 0.298 e. The lowest BCUT2D eigenvalue weighted by Gasteiger charge is -2.23. The van der Waals surface area contributed by atoms with Crippen molar-refractivity contribution in [2.45, 2.75) is 6.54 Å². The Labute approximate surface area is 153 Å². The summed E-state index contributed by atoms with van der Waals surface area (Å²) in [5.74, 6) is -0.659. The van der Waals surface area contributed by atoms with Crippen LogP contribution in [0.1, 0.15) is 5.56 Å². The first kappa shape index (κ1) is 16.5. The number of hydrogen-bond donors (Lipinski definition) is 0. The van der Waals surface area contributed by atoms with Crippen molar-refractivity contribution in [1.29, 1.82) is 0 Å². The molecule has 4 rings (SSSR count). The minimum Gasteiger partial charge on any atom is -0.494 e. The van der Waals surface area contributed by atoms with Crippen LogP contribution in [0, 0.1) is 5.82 Å². The Morgan fingerprint density at radius 1 is 1.15 bits per heavy atom. The van der Waals surface area contributed by atoms with E-state index in [2.05, 4.69) is 4.98 Å². The Balaban J connectivity index is 1.74. The number of benzene rings is 2. The first-order chi connectivity index (χ1) is 12.7. The van der Waals surface area contributed by atoms with Gasteiger partial charge in [-0.2, -0.15) is 0 Å². The fourth-order valence-electron chi connectivity index (χ4n) is 2.62. The number of fused-ring (bicyclic) bond motifs is 1. The SMILES string of the molecule is O=C(C1=COCCO1)N(Cc1ccccc1)c1nc2c(F)cccc2s1. The number of carbonyl (C=O) groups excluding carboxylic acids is 1. The summed E-state index contributed by atoms with van der Waals surface area (Å²) in [5.41, 5.74) is 1.19. The van der Waals surface area contributed by atoms with E-state index in [1.807, 2.05) is 30.3 Å². The molecule has 0 atom stereocenters. The number of hydrogen-bond acceptors (Lipinski definition) is 5.